The van der Waals surface area contributed by atoms with Crippen molar-refractivity contribution in [1.29, 1.82) is 0 Å². The van der Waals surface area contributed by atoms with Gasteiger partial charge >= 0.3 is 12.0 Å². The SMILES string of the molecule is CCCC(CC(=O)O)NC(=O)Nc1ccc(OC)nc1. The minimum Gasteiger partial charge on any atom is -0.481 e. The highest BCUT2D eigenvalue weighted by Crippen LogP contribution is 2.11. The second kappa shape index (κ2) is 7.98. The van der Waals surface area contributed by atoms with E-state index in [1.54, 1.807) is 12.1 Å². The first kappa shape index (κ1) is 15.7. The molecule has 1 aromatic rings. The first-order valence-corrected chi connectivity index (χ1v) is 6.34. The van der Waals surface area contributed by atoms with E-state index in [4.69, 9.17) is 9.84 Å². The third-order valence-electron chi connectivity index (χ3n) is 2.60. The second-order valence-electron chi connectivity index (χ2n) is 4.27. The van der Waals surface area contributed by atoms with Crippen molar-refractivity contribution in [2.45, 2.75) is 32.2 Å². The maximum absolute atomic E-state index is 11.8. The number of ether oxygens (including phenoxy) is 1. The summed E-state index contributed by atoms with van der Waals surface area (Å²) >= 11 is 0. The molecule has 0 aliphatic rings. The van der Waals surface area contributed by atoms with Gasteiger partial charge in [-0.3, -0.25) is 4.79 Å². The summed E-state index contributed by atoms with van der Waals surface area (Å²) in [4.78, 5) is 26.4. The van der Waals surface area contributed by atoms with Crippen molar-refractivity contribution >= 4 is 17.7 Å². The Morgan fingerprint density at radius 1 is 1.45 bits per heavy atom. The highest BCUT2D eigenvalue weighted by atomic mass is 16.5. The monoisotopic (exact) mass is 281 g/mol. The number of carboxylic acid groups (broad SMARTS) is 1. The van der Waals surface area contributed by atoms with Crippen molar-refractivity contribution in [2.75, 3.05) is 12.4 Å². The van der Waals surface area contributed by atoms with E-state index in [2.05, 4.69) is 15.6 Å². The minimum absolute atomic E-state index is 0.0951. The number of methoxy groups -OCH3 is 1. The van der Waals surface area contributed by atoms with Crippen LogP contribution in [0.15, 0.2) is 18.3 Å². The Labute approximate surface area is 117 Å². The summed E-state index contributed by atoms with van der Waals surface area (Å²) in [5, 5.41) is 14.0. The number of rotatable bonds is 7. The van der Waals surface area contributed by atoms with Crippen LogP contribution in [0, 0.1) is 0 Å². The van der Waals surface area contributed by atoms with Crippen molar-refractivity contribution in [3.05, 3.63) is 18.3 Å². The summed E-state index contributed by atoms with van der Waals surface area (Å²) in [7, 11) is 1.50. The summed E-state index contributed by atoms with van der Waals surface area (Å²) in [6.45, 7) is 1.93. The van der Waals surface area contributed by atoms with Crippen LogP contribution in [-0.2, 0) is 4.79 Å². The number of anilines is 1. The number of nitrogens with zero attached hydrogens (tertiary/aromatic N) is 1. The predicted molar refractivity (Wildman–Crippen MR) is 73.9 cm³/mol. The maximum Gasteiger partial charge on any atom is 0.319 e. The average Bonchev–Trinajstić information content (AvgIpc) is 2.39. The summed E-state index contributed by atoms with van der Waals surface area (Å²) in [6.07, 6.45) is 2.77. The smallest absolute Gasteiger partial charge is 0.319 e. The van der Waals surface area contributed by atoms with Gasteiger partial charge in [-0.15, -0.1) is 0 Å². The van der Waals surface area contributed by atoms with E-state index >= 15 is 0 Å². The highest BCUT2D eigenvalue weighted by molar-refractivity contribution is 5.89. The molecule has 7 heteroatoms. The fraction of sp³-hybridized carbons (Fsp3) is 0.462. The molecule has 0 aliphatic carbocycles. The average molecular weight is 281 g/mol. The molecule has 0 fully saturated rings. The molecule has 20 heavy (non-hydrogen) atoms. The lowest BCUT2D eigenvalue weighted by molar-refractivity contribution is -0.137. The van der Waals surface area contributed by atoms with E-state index in [1.165, 1.54) is 13.3 Å². The number of aromatic nitrogens is 1. The third-order valence-corrected chi connectivity index (χ3v) is 2.60. The minimum atomic E-state index is -0.935. The Bertz CT molecular complexity index is 447. The topological polar surface area (TPSA) is 101 Å². The molecule has 7 nitrogen and oxygen atoms in total. The molecule has 1 aromatic heterocycles. The van der Waals surface area contributed by atoms with Crippen LogP contribution in [0.25, 0.3) is 0 Å². The van der Waals surface area contributed by atoms with Crippen molar-refractivity contribution in [1.82, 2.24) is 10.3 Å². The molecule has 0 radical (unpaired) electrons. The van der Waals surface area contributed by atoms with Crippen LogP contribution in [0.2, 0.25) is 0 Å². The van der Waals surface area contributed by atoms with Gasteiger partial charge in [-0.05, 0) is 12.5 Å². The normalized spacial score (nSPS) is 11.5. The van der Waals surface area contributed by atoms with Crippen molar-refractivity contribution in [3.8, 4) is 5.88 Å². The second-order valence-corrected chi connectivity index (χ2v) is 4.27. The lowest BCUT2D eigenvalue weighted by Crippen LogP contribution is -2.39. The number of nitrogens with one attached hydrogen (secondary N) is 2. The van der Waals surface area contributed by atoms with Gasteiger partial charge in [-0.2, -0.15) is 0 Å². The van der Waals surface area contributed by atoms with E-state index in [9.17, 15) is 9.59 Å². The van der Waals surface area contributed by atoms with Gasteiger partial charge in [-0.25, -0.2) is 9.78 Å². The number of amides is 2. The van der Waals surface area contributed by atoms with Gasteiger partial charge < -0.3 is 20.5 Å². The fourth-order valence-corrected chi connectivity index (χ4v) is 1.71. The Balaban J connectivity index is 2.53. The molecule has 0 aliphatic heterocycles. The molecule has 1 heterocycles. The number of pyridine rings is 1. The molecule has 0 spiro atoms. The zero-order valence-electron chi connectivity index (χ0n) is 11.5. The first-order chi connectivity index (χ1) is 9.55. The van der Waals surface area contributed by atoms with Gasteiger partial charge in [0.05, 0.1) is 25.4 Å². The molecule has 0 saturated carbocycles. The Hall–Kier alpha value is -2.31. The fourth-order valence-electron chi connectivity index (χ4n) is 1.71. The number of aliphatic carboxylic acids is 1. The maximum atomic E-state index is 11.8. The van der Waals surface area contributed by atoms with Crippen molar-refractivity contribution in [3.63, 3.8) is 0 Å². The molecular weight excluding hydrogens is 262 g/mol. The molecule has 0 bridgehead atoms. The van der Waals surface area contributed by atoms with E-state index in [0.717, 1.165) is 6.42 Å². The third kappa shape index (κ3) is 5.55. The molecule has 1 atom stereocenters. The number of urea groups is 1. The van der Waals surface area contributed by atoms with Crippen LogP contribution in [-0.4, -0.2) is 35.2 Å². The Kier molecular flexibility index (Phi) is 6.28. The zero-order valence-corrected chi connectivity index (χ0v) is 11.5. The molecule has 3 N–H and O–H groups in total. The number of carboxylic acids is 1. The standard InChI is InChI=1S/C13H19N3O4/c1-3-4-9(7-12(17)18)15-13(19)16-10-5-6-11(20-2)14-8-10/h5-6,8-9H,3-4,7H2,1-2H3,(H,17,18)(H2,15,16,19). The summed E-state index contributed by atoms with van der Waals surface area (Å²) in [6, 6.07) is 2.44. The molecule has 1 rings (SSSR count). The lowest BCUT2D eigenvalue weighted by atomic mass is 10.1. The van der Waals surface area contributed by atoms with Crippen molar-refractivity contribution in [2.24, 2.45) is 0 Å². The van der Waals surface area contributed by atoms with Gasteiger partial charge in [0.2, 0.25) is 5.88 Å². The quantitative estimate of drug-likeness (QED) is 0.708. The van der Waals surface area contributed by atoms with Gasteiger partial charge in [0, 0.05) is 12.1 Å². The van der Waals surface area contributed by atoms with E-state index < -0.39 is 12.0 Å². The number of hydrogen-bond donors (Lipinski definition) is 3. The number of hydrogen-bond acceptors (Lipinski definition) is 4. The van der Waals surface area contributed by atoms with E-state index in [1.807, 2.05) is 6.92 Å². The Morgan fingerprint density at radius 3 is 2.70 bits per heavy atom. The van der Waals surface area contributed by atoms with Crippen LogP contribution in [0.4, 0.5) is 10.5 Å². The number of carbonyl (C=O) groups excluding carboxylic acids is 1. The highest BCUT2D eigenvalue weighted by Gasteiger charge is 2.15. The van der Waals surface area contributed by atoms with Gasteiger partial charge in [0.1, 0.15) is 0 Å². The van der Waals surface area contributed by atoms with Crippen LogP contribution in [0.1, 0.15) is 26.2 Å². The first-order valence-electron chi connectivity index (χ1n) is 6.34. The largest absolute Gasteiger partial charge is 0.481 e. The predicted octanol–water partition coefficient (Wildman–Crippen LogP) is 1.86. The van der Waals surface area contributed by atoms with Crippen LogP contribution >= 0.6 is 0 Å². The Morgan fingerprint density at radius 2 is 2.20 bits per heavy atom. The van der Waals surface area contributed by atoms with Crippen LogP contribution in [0.3, 0.4) is 0 Å². The van der Waals surface area contributed by atoms with Crippen LogP contribution < -0.4 is 15.4 Å². The van der Waals surface area contributed by atoms with Gasteiger partial charge in [0.15, 0.2) is 0 Å². The molecule has 110 valence electrons. The molecular formula is C13H19N3O4. The summed E-state index contributed by atoms with van der Waals surface area (Å²) in [5.74, 6) is -0.486. The van der Waals surface area contributed by atoms with E-state index in [0.29, 0.717) is 18.0 Å². The van der Waals surface area contributed by atoms with Crippen LogP contribution in [0.5, 0.6) is 5.88 Å². The number of carbonyl (C=O) groups is 2. The molecule has 1 unspecified atom stereocenters. The summed E-state index contributed by atoms with van der Waals surface area (Å²) < 4.78 is 4.91. The lowest BCUT2D eigenvalue weighted by Gasteiger charge is -2.16. The van der Waals surface area contributed by atoms with Gasteiger partial charge in [-0.1, -0.05) is 13.3 Å². The molecule has 0 saturated heterocycles. The van der Waals surface area contributed by atoms with E-state index in [-0.39, 0.29) is 12.5 Å². The summed E-state index contributed by atoms with van der Waals surface area (Å²) in [5.41, 5.74) is 0.508. The van der Waals surface area contributed by atoms with Crippen molar-refractivity contribution < 1.29 is 19.4 Å². The van der Waals surface area contributed by atoms with Gasteiger partial charge in [0.25, 0.3) is 0 Å². The zero-order chi connectivity index (χ0) is 15.0. The molecule has 0 aromatic carbocycles. The molecule has 2 amide bonds.